The Labute approximate surface area is 164 Å². The van der Waals surface area contributed by atoms with Crippen molar-refractivity contribution < 1.29 is 14.7 Å². The second kappa shape index (κ2) is 7.98. The Bertz CT molecular complexity index is 1110. The molecule has 2 amide bonds. The van der Waals surface area contributed by atoms with Gasteiger partial charge in [-0.1, -0.05) is 29.2 Å². The van der Waals surface area contributed by atoms with E-state index in [1.54, 1.807) is 11.7 Å². The number of anilines is 1. The Balaban J connectivity index is 1.91. The third-order valence-electron chi connectivity index (χ3n) is 3.89. The normalized spacial score (nSPS) is 10.4. The van der Waals surface area contributed by atoms with E-state index in [1.807, 2.05) is 24.3 Å². The molecule has 144 valence electrons. The number of carbonyl (C=O) groups is 2. The van der Waals surface area contributed by atoms with Crippen molar-refractivity contribution in [1.29, 1.82) is 0 Å². The number of fused-ring (bicyclic) bond motifs is 1. The van der Waals surface area contributed by atoms with E-state index in [9.17, 15) is 9.59 Å². The number of primary amides is 1. The van der Waals surface area contributed by atoms with Crippen molar-refractivity contribution in [2.75, 3.05) is 26.0 Å². The average Bonchev–Trinajstić information content (AvgIpc) is 3.23. The summed E-state index contributed by atoms with van der Waals surface area (Å²) in [6.45, 7) is 0.329. The maximum Gasteiger partial charge on any atom is 0.407 e. The fourth-order valence-corrected chi connectivity index (χ4v) is 3.34. The fourth-order valence-electron chi connectivity index (χ4n) is 2.45. The molecule has 28 heavy (non-hydrogen) atoms. The molecule has 0 aliphatic heterocycles. The lowest BCUT2D eigenvalue weighted by atomic mass is 10.2. The van der Waals surface area contributed by atoms with Gasteiger partial charge in [-0.25, -0.2) is 9.48 Å². The van der Waals surface area contributed by atoms with Gasteiger partial charge in [-0.2, -0.15) is 10.1 Å². The number of carboxylic acid groups (broad SMARTS) is 1. The average molecular weight is 398 g/mol. The van der Waals surface area contributed by atoms with Crippen LogP contribution in [0.3, 0.4) is 0 Å². The Hall–Kier alpha value is -3.58. The summed E-state index contributed by atoms with van der Waals surface area (Å²) in [5, 5.41) is 16.8. The first kappa shape index (κ1) is 19.2. The molecule has 0 spiro atoms. The van der Waals surface area contributed by atoms with Gasteiger partial charge in [-0.05, 0) is 18.2 Å². The minimum absolute atomic E-state index is 0.169. The van der Waals surface area contributed by atoms with Crippen LogP contribution in [-0.4, -0.2) is 57.4 Å². The summed E-state index contributed by atoms with van der Waals surface area (Å²) in [5.74, 6) is 5.35. The second-order valence-electron chi connectivity index (χ2n) is 5.85. The van der Waals surface area contributed by atoms with Crippen molar-refractivity contribution in [3.05, 3.63) is 35.5 Å². The van der Waals surface area contributed by atoms with Crippen LogP contribution in [0.5, 0.6) is 0 Å². The zero-order valence-electron chi connectivity index (χ0n) is 15.3. The molecule has 0 atom stereocenters. The zero-order valence-corrected chi connectivity index (χ0v) is 16.1. The number of amides is 2. The van der Waals surface area contributed by atoms with E-state index in [-0.39, 0.29) is 5.69 Å². The molecule has 1 aromatic carbocycles. The Morgan fingerprint density at radius 2 is 2.21 bits per heavy atom. The van der Waals surface area contributed by atoms with E-state index >= 15 is 0 Å². The number of aromatic nitrogens is 3. The molecular weight excluding hydrogens is 380 g/mol. The summed E-state index contributed by atoms with van der Waals surface area (Å²) in [4.78, 5) is 28.1. The molecule has 2 heterocycles. The van der Waals surface area contributed by atoms with E-state index in [4.69, 9.17) is 10.8 Å². The van der Waals surface area contributed by atoms with Gasteiger partial charge >= 0.3 is 6.09 Å². The highest BCUT2D eigenvalue weighted by Crippen LogP contribution is 2.30. The molecule has 0 saturated heterocycles. The van der Waals surface area contributed by atoms with Crippen molar-refractivity contribution in [3.63, 3.8) is 0 Å². The highest BCUT2D eigenvalue weighted by atomic mass is 32.1. The number of nitrogens with two attached hydrogens (primary N) is 1. The first-order chi connectivity index (χ1) is 13.4. The molecule has 3 rings (SSSR count). The number of carbonyl (C=O) groups excluding carboxylic acids is 1. The number of hydrogen-bond donors (Lipinski definition) is 3. The summed E-state index contributed by atoms with van der Waals surface area (Å²) >= 11 is 1.31. The lowest BCUT2D eigenvalue weighted by Gasteiger charge is -2.09. The quantitative estimate of drug-likeness (QED) is 0.564. The summed E-state index contributed by atoms with van der Waals surface area (Å²) < 4.78 is 2.18. The Kier molecular flexibility index (Phi) is 5.47. The van der Waals surface area contributed by atoms with Gasteiger partial charge in [-0.3, -0.25) is 4.79 Å². The van der Waals surface area contributed by atoms with Crippen molar-refractivity contribution in [3.8, 4) is 17.5 Å². The number of thiazole rings is 1. The van der Waals surface area contributed by atoms with Crippen molar-refractivity contribution >= 4 is 38.8 Å². The topological polar surface area (TPSA) is 126 Å². The molecule has 10 heteroatoms. The molecular formula is C18H18N6O3S. The highest BCUT2D eigenvalue weighted by molar-refractivity contribution is 7.22. The van der Waals surface area contributed by atoms with E-state index in [2.05, 4.69) is 27.2 Å². The number of rotatable bonds is 5. The number of benzene rings is 1. The second-order valence-corrected chi connectivity index (χ2v) is 6.85. The summed E-state index contributed by atoms with van der Waals surface area (Å²) in [5.41, 5.74) is 7.60. The van der Waals surface area contributed by atoms with E-state index in [0.717, 1.165) is 5.56 Å². The molecule has 0 aliphatic carbocycles. The van der Waals surface area contributed by atoms with Crippen LogP contribution >= 0.6 is 11.3 Å². The monoisotopic (exact) mass is 398 g/mol. The molecule has 4 N–H and O–H groups in total. The van der Waals surface area contributed by atoms with Gasteiger partial charge in [0.2, 0.25) is 0 Å². The molecule has 9 nitrogen and oxygen atoms in total. The smallest absolute Gasteiger partial charge is 0.407 e. The van der Waals surface area contributed by atoms with Crippen LogP contribution in [0.2, 0.25) is 0 Å². The van der Waals surface area contributed by atoms with E-state index < -0.39 is 12.0 Å². The van der Waals surface area contributed by atoms with Gasteiger partial charge in [0.1, 0.15) is 4.70 Å². The van der Waals surface area contributed by atoms with Crippen LogP contribution in [0, 0.1) is 11.8 Å². The molecule has 0 aliphatic rings. The molecule has 0 unspecified atom stereocenters. The van der Waals surface area contributed by atoms with Gasteiger partial charge in [0.25, 0.3) is 5.91 Å². The van der Waals surface area contributed by atoms with Crippen LogP contribution in [0.4, 0.5) is 9.93 Å². The third-order valence-corrected chi connectivity index (χ3v) is 4.96. The highest BCUT2D eigenvalue weighted by Gasteiger charge is 2.20. The standard InChI is InChI=1S/C18H18N6O3S/c1-20-17-21-16-14(28-17)13(15(19)25)22-24(16)12-8-5-7-11(10-12)6-3-4-9-23(2)18(26)27/h5,7-8,10H,4,9H2,1-2H3,(H2,19,25)(H,20,21)(H,26,27). The summed E-state index contributed by atoms with van der Waals surface area (Å²) in [7, 11) is 3.24. The summed E-state index contributed by atoms with van der Waals surface area (Å²) in [6, 6.07) is 7.32. The van der Waals surface area contributed by atoms with Gasteiger partial charge < -0.3 is 21.1 Å². The minimum atomic E-state index is -0.985. The maximum atomic E-state index is 11.7. The molecule has 0 fully saturated rings. The number of nitrogens with zero attached hydrogens (tertiary/aromatic N) is 4. The van der Waals surface area contributed by atoms with Crippen molar-refractivity contribution in [1.82, 2.24) is 19.7 Å². The largest absolute Gasteiger partial charge is 0.465 e. The Morgan fingerprint density at radius 1 is 1.43 bits per heavy atom. The minimum Gasteiger partial charge on any atom is -0.465 e. The SMILES string of the molecule is CNc1nc2c(s1)c(C(N)=O)nn2-c1cccc(C#CCCN(C)C(=O)O)c1. The summed E-state index contributed by atoms with van der Waals surface area (Å²) in [6.07, 6.45) is -0.566. The number of nitrogens with one attached hydrogen (secondary N) is 1. The maximum absolute atomic E-state index is 11.7. The lowest BCUT2D eigenvalue weighted by molar-refractivity contribution is 0.0996. The Morgan fingerprint density at radius 3 is 2.89 bits per heavy atom. The van der Waals surface area contributed by atoms with Crippen LogP contribution in [0.15, 0.2) is 24.3 Å². The van der Waals surface area contributed by atoms with Gasteiger partial charge in [0.15, 0.2) is 16.5 Å². The molecule has 0 saturated carbocycles. The van der Waals surface area contributed by atoms with Gasteiger partial charge in [0.05, 0.1) is 5.69 Å². The fraction of sp³-hybridized carbons (Fsp3) is 0.222. The zero-order chi connectivity index (χ0) is 20.3. The molecule has 0 bridgehead atoms. The van der Waals surface area contributed by atoms with Gasteiger partial charge in [0, 0.05) is 32.6 Å². The first-order valence-corrected chi connectivity index (χ1v) is 9.13. The van der Waals surface area contributed by atoms with Crippen molar-refractivity contribution in [2.45, 2.75) is 6.42 Å². The predicted octanol–water partition coefficient (Wildman–Crippen LogP) is 1.97. The third kappa shape index (κ3) is 3.89. The first-order valence-electron chi connectivity index (χ1n) is 8.31. The molecule has 0 radical (unpaired) electrons. The van der Waals surface area contributed by atoms with Crippen LogP contribution < -0.4 is 11.1 Å². The lowest BCUT2D eigenvalue weighted by Crippen LogP contribution is -2.25. The van der Waals surface area contributed by atoms with Crippen molar-refractivity contribution in [2.24, 2.45) is 5.73 Å². The van der Waals surface area contributed by atoms with Crippen LogP contribution in [0.25, 0.3) is 16.0 Å². The number of hydrogen-bond acceptors (Lipinski definition) is 6. The molecule has 2 aromatic heterocycles. The van der Waals surface area contributed by atoms with E-state index in [1.165, 1.54) is 23.3 Å². The molecule has 3 aromatic rings. The van der Waals surface area contributed by atoms with Crippen LogP contribution in [0.1, 0.15) is 22.5 Å². The predicted molar refractivity (Wildman–Crippen MR) is 107 cm³/mol. The van der Waals surface area contributed by atoms with Gasteiger partial charge in [-0.15, -0.1) is 0 Å². The van der Waals surface area contributed by atoms with Crippen LogP contribution in [-0.2, 0) is 0 Å². The van der Waals surface area contributed by atoms with E-state index in [0.29, 0.717) is 34.1 Å².